The van der Waals surface area contributed by atoms with Gasteiger partial charge in [0.25, 0.3) is 5.91 Å². The fourth-order valence-electron chi connectivity index (χ4n) is 3.67. The number of benzene rings is 1. The number of hydrogen-bond donors (Lipinski definition) is 4. The van der Waals surface area contributed by atoms with E-state index in [1.807, 2.05) is 0 Å². The summed E-state index contributed by atoms with van der Waals surface area (Å²) in [6, 6.07) is 2.84. The van der Waals surface area contributed by atoms with Gasteiger partial charge in [-0.05, 0) is 31.9 Å². The van der Waals surface area contributed by atoms with Crippen LogP contribution in [0.15, 0.2) is 16.9 Å². The van der Waals surface area contributed by atoms with Gasteiger partial charge in [-0.25, -0.2) is 4.39 Å². The topological polar surface area (TPSA) is 134 Å². The molecule has 1 amide bonds. The molecule has 4 N–H and O–H groups in total. The summed E-state index contributed by atoms with van der Waals surface area (Å²) in [6.07, 6.45) is 4.73. The second kappa shape index (κ2) is 9.24. The monoisotopic (exact) mass is 440 g/mol. The first-order chi connectivity index (χ1) is 14.2. The Balaban J connectivity index is 1.93. The molecule has 0 aliphatic heterocycles. The van der Waals surface area contributed by atoms with Gasteiger partial charge in [-0.3, -0.25) is 18.8 Å². The summed E-state index contributed by atoms with van der Waals surface area (Å²) >= 11 is 0. The number of aryl methyl sites for hydroxylation is 1. The lowest BCUT2D eigenvalue weighted by molar-refractivity contribution is 0.0947. The summed E-state index contributed by atoms with van der Waals surface area (Å²) in [5, 5.41) is 9.63. The minimum atomic E-state index is -4.28. The van der Waals surface area contributed by atoms with E-state index in [9.17, 15) is 18.5 Å². The number of hydrogen-bond acceptors (Lipinski definition) is 5. The maximum Gasteiger partial charge on any atom is 0.327 e. The van der Waals surface area contributed by atoms with E-state index in [1.54, 1.807) is 13.0 Å². The second-order valence-corrected chi connectivity index (χ2v) is 9.24. The average Bonchev–Trinajstić information content (AvgIpc) is 2.69. The molecule has 1 saturated carbocycles. The fourth-order valence-corrected chi connectivity index (χ4v) is 4.07. The van der Waals surface area contributed by atoms with E-state index in [0.717, 1.165) is 31.7 Å². The van der Waals surface area contributed by atoms with Crippen LogP contribution in [0.3, 0.4) is 0 Å². The highest BCUT2D eigenvalue weighted by Gasteiger charge is 2.21. The van der Waals surface area contributed by atoms with Crippen LogP contribution in [0.4, 0.5) is 10.1 Å². The van der Waals surface area contributed by atoms with Crippen molar-refractivity contribution in [2.24, 2.45) is 0 Å². The number of halogens is 1. The van der Waals surface area contributed by atoms with Crippen LogP contribution in [0.1, 0.15) is 49.5 Å². The first-order valence-corrected chi connectivity index (χ1v) is 11.8. The molecule has 1 fully saturated rings. The molecule has 9 nitrogen and oxygen atoms in total. The van der Waals surface area contributed by atoms with Crippen molar-refractivity contribution in [2.45, 2.75) is 51.6 Å². The second-order valence-electron chi connectivity index (χ2n) is 7.47. The van der Waals surface area contributed by atoms with Gasteiger partial charge in [0.15, 0.2) is 5.69 Å². The van der Waals surface area contributed by atoms with Crippen molar-refractivity contribution in [1.82, 2.24) is 15.1 Å². The largest absolute Gasteiger partial charge is 0.380 e. The summed E-state index contributed by atoms with van der Waals surface area (Å²) in [5.74, 6) is -1.44. The number of nitrogens with zero attached hydrogens (tertiary/aromatic N) is 2. The quantitative estimate of drug-likeness (QED) is 0.485. The molecule has 30 heavy (non-hydrogen) atoms. The zero-order valence-electron chi connectivity index (χ0n) is 16.7. The van der Waals surface area contributed by atoms with Gasteiger partial charge in [0.2, 0.25) is 5.43 Å². The van der Waals surface area contributed by atoms with E-state index < -0.39 is 36.6 Å². The number of aromatic nitrogens is 2. The molecule has 1 aromatic heterocycles. The average molecular weight is 440 g/mol. The van der Waals surface area contributed by atoms with Crippen molar-refractivity contribution in [2.75, 3.05) is 18.0 Å². The van der Waals surface area contributed by atoms with Gasteiger partial charge in [0.1, 0.15) is 5.82 Å². The molecule has 1 aliphatic carbocycles. The lowest BCUT2D eigenvalue weighted by atomic mass is 9.95. The van der Waals surface area contributed by atoms with Crippen LogP contribution in [0.5, 0.6) is 0 Å². The summed E-state index contributed by atoms with van der Waals surface area (Å²) in [4.78, 5) is 42.9. The Bertz CT molecular complexity index is 1050. The summed E-state index contributed by atoms with van der Waals surface area (Å²) < 4.78 is 27.1. The third kappa shape index (κ3) is 5.24. The highest BCUT2D eigenvalue weighted by molar-refractivity contribution is 7.51. The standard InChI is InChI=1S/C19H26FN4O5P/c1-2-24-16-11-15(22-12-6-4-3-5-7-12)14(20)10-13(16)18(25)17(23-24)19(26)21-8-9-30(27,28)29/h10-12,22H,2-9H2,1H3,(H,21,26)(H2,27,28,29). The van der Waals surface area contributed by atoms with Crippen LogP contribution in [0.2, 0.25) is 0 Å². The molecule has 11 heteroatoms. The molecule has 1 heterocycles. The zero-order valence-corrected chi connectivity index (χ0v) is 17.6. The van der Waals surface area contributed by atoms with E-state index >= 15 is 0 Å². The molecule has 0 spiro atoms. The van der Waals surface area contributed by atoms with Crippen LogP contribution in [0, 0.1) is 5.82 Å². The molecular formula is C19H26FN4O5P. The molecule has 0 saturated heterocycles. The SMILES string of the molecule is CCn1nc(C(=O)NCCP(=O)(O)O)c(=O)c2cc(F)c(NC3CCCCC3)cc21. The normalized spacial score (nSPS) is 15.3. The minimum Gasteiger partial charge on any atom is -0.380 e. The Morgan fingerprint density at radius 2 is 2.00 bits per heavy atom. The Kier molecular flexibility index (Phi) is 6.90. The number of carbonyl (C=O) groups excluding carboxylic acids is 1. The van der Waals surface area contributed by atoms with Crippen molar-refractivity contribution in [3.63, 3.8) is 0 Å². The van der Waals surface area contributed by atoms with Crippen molar-refractivity contribution < 1.29 is 23.5 Å². The number of carbonyl (C=O) groups is 1. The van der Waals surface area contributed by atoms with E-state index in [1.165, 1.54) is 11.1 Å². The molecule has 0 atom stereocenters. The van der Waals surface area contributed by atoms with Crippen LogP contribution in [-0.4, -0.2) is 44.2 Å². The maximum atomic E-state index is 14.7. The smallest absolute Gasteiger partial charge is 0.327 e. The number of nitrogens with one attached hydrogen (secondary N) is 2. The zero-order chi connectivity index (χ0) is 21.9. The van der Waals surface area contributed by atoms with E-state index in [2.05, 4.69) is 15.7 Å². The number of anilines is 1. The van der Waals surface area contributed by atoms with Crippen molar-refractivity contribution in [1.29, 1.82) is 0 Å². The Morgan fingerprint density at radius 1 is 1.30 bits per heavy atom. The summed E-state index contributed by atoms with van der Waals surface area (Å²) in [6.45, 7) is 1.81. The highest BCUT2D eigenvalue weighted by Crippen LogP contribution is 2.32. The Morgan fingerprint density at radius 3 is 2.63 bits per heavy atom. The van der Waals surface area contributed by atoms with Gasteiger partial charge in [0.05, 0.1) is 22.8 Å². The van der Waals surface area contributed by atoms with E-state index in [4.69, 9.17) is 9.79 Å². The maximum absolute atomic E-state index is 14.7. The van der Waals surface area contributed by atoms with Crippen molar-refractivity contribution in [3.05, 3.63) is 33.9 Å². The third-order valence-electron chi connectivity index (χ3n) is 5.21. The molecule has 0 radical (unpaired) electrons. The van der Waals surface area contributed by atoms with Gasteiger partial charge in [-0.1, -0.05) is 19.3 Å². The van der Waals surface area contributed by atoms with E-state index in [-0.39, 0.29) is 18.0 Å². The van der Waals surface area contributed by atoms with Crippen molar-refractivity contribution in [3.8, 4) is 0 Å². The number of rotatable bonds is 7. The third-order valence-corrected chi connectivity index (χ3v) is 6.02. The molecule has 0 unspecified atom stereocenters. The highest BCUT2D eigenvalue weighted by atomic mass is 31.2. The van der Waals surface area contributed by atoms with Gasteiger partial charge >= 0.3 is 7.60 Å². The molecule has 1 aromatic carbocycles. The predicted molar refractivity (Wildman–Crippen MR) is 111 cm³/mol. The first kappa shape index (κ1) is 22.4. The van der Waals surface area contributed by atoms with Gasteiger partial charge in [-0.2, -0.15) is 5.10 Å². The molecule has 2 aromatic rings. The molecule has 164 valence electrons. The Hall–Kier alpha value is -2.29. The van der Waals surface area contributed by atoms with Crippen molar-refractivity contribution >= 4 is 30.1 Å². The van der Waals surface area contributed by atoms with Gasteiger partial charge in [-0.15, -0.1) is 0 Å². The first-order valence-electron chi connectivity index (χ1n) is 10.0. The Labute approximate surface area is 172 Å². The number of amides is 1. The van der Waals surface area contributed by atoms with E-state index in [0.29, 0.717) is 17.7 Å². The molecule has 3 rings (SSSR count). The minimum absolute atomic E-state index is 0.0266. The molecule has 0 bridgehead atoms. The summed E-state index contributed by atoms with van der Waals surface area (Å²) in [5.41, 5.74) is -0.459. The molecule has 1 aliphatic rings. The summed E-state index contributed by atoms with van der Waals surface area (Å²) in [7, 11) is -4.28. The lowest BCUT2D eigenvalue weighted by Crippen LogP contribution is -2.33. The van der Waals surface area contributed by atoms with Crippen LogP contribution >= 0.6 is 7.60 Å². The number of fused-ring (bicyclic) bond motifs is 1. The van der Waals surface area contributed by atoms with Crippen LogP contribution in [-0.2, 0) is 11.1 Å². The fraction of sp³-hybridized carbons (Fsp3) is 0.526. The van der Waals surface area contributed by atoms with Gasteiger partial charge in [0, 0.05) is 19.1 Å². The lowest BCUT2D eigenvalue weighted by Gasteiger charge is -2.24. The predicted octanol–water partition coefficient (Wildman–Crippen LogP) is 2.21. The van der Waals surface area contributed by atoms with Crippen LogP contribution < -0.4 is 16.1 Å². The molecular weight excluding hydrogens is 414 g/mol. The van der Waals surface area contributed by atoms with Gasteiger partial charge < -0.3 is 20.4 Å². The van der Waals surface area contributed by atoms with Crippen LogP contribution in [0.25, 0.3) is 10.9 Å².